The number of anilines is 1. The first-order valence-corrected chi connectivity index (χ1v) is 5.07. The zero-order valence-electron chi connectivity index (χ0n) is 9.55. The van der Waals surface area contributed by atoms with Crippen LogP contribution in [0.3, 0.4) is 0 Å². The lowest BCUT2D eigenvalue weighted by Gasteiger charge is -2.03. The number of nitrogens with two attached hydrogens (primary N) is 1. The summed E-state index contributed by atoms with van der Waals surface area (Å²) >= 11 is 0. The number of ketones is 1. The van der Waals surface area contributed by atoms with Crippen LogP contribution in [-0.4, -0.2) is 22.9 Å². The first kappa shape index (κ1) is 12.0. The molecule has 1 aromatic carbocycles. The summed E-state index contributed by atoms with van der Waals surface area (Å²) in [5, 5.41) is 0. The molecule has 0 saturated carbocycles. The van der Waals surface area contributed by atoms with Gasteiger partial charge in [-0.05, 0) is 18.2 Å². The van der Waals surface area contributed by atoms with Crippen molar-refractivity contribution in [3.8, 4) is 6.01 Å². The lowest BCUT2D eigenvalue weighted by Crippen LogP contribution is -2.05. The van der Waals surface area contributed by atoms with E-state index in [4.69, 9.17) is 10.5 Å². The molecule has 0 amide bonds. The van der Waals surface area contributed by atoms with Crippen molar-refractivity contribution in [1.29, 1.82) is 0 Å². The Morgan fingerprint density at radius 1 is 1.28 bits per heavy atom. The van der Waals surface area contributed by atoms with E-state index in [0.717, 1.165) is 6.07 Å². The van der Waals surface area contributed by atoms with Crippen LogP contribution in [0.1, 0.15) is 15.9 Å². The van der Waals surface area contributed by atoms with Crippen molar-refractivity contribution in [2.75, 3.05) is 12.8 Å². The molecule has 0 saturated heterocycles. The van der Waals surface area contributed by atoms with E-state index in [2.05, 4.69) is 9.97 Å². The Balaban J connectivity index is 2.32. The average molecular weight is 247 g/mol. The smallest absolute Gasteiger partial charge is 0.316 e. The normalized spacial score (nSPS) is 10.1. The van der Waals surface area contributed by atoms with E-state index in [9.17, 15) is 9.18 Å². The molecule has 0 aliphatic rings. The molecule has 0 unspecified atom stereocenters. The molecule has 0 aliphatic carbocycles. The van der Waals surface area contributed by atoms with Gasteiger partial charge in [0.2, 0.25) is 0 Å². The zero-order valence-corrected chi connectivity index (χ0v) is 9.55. The molecule has 2 aromatic rings. The molecule has 0 aliphatic heterocycles. The summed E-state index contributed by atoms with van der Waals surface area (Å²) in [5.41, 5.74) is 5.78. The lowest BCUT2D eigenvalue weighted by atomic mass is 10.1. The van der Waals surface area contributed by atoms with Gasteiger partial charge >= 0.3 is 6.01 Å². The van der Waals surface area contributed by atoms with Gasteiger partial charge in [0, 0.05) is 18.0 Å². The number of nitrogen functional groups attached to an aromatic ring is 1. The van der Waals surface area contributed by atoms with Crippen LogP contribution in [-0.2, 0) is 0 Å². The van der Waals surface area contributed by atoms with Gasteiger partial charge in [0.25, 0.3) is 0 Å². The fourth-order valence-electron chi connectivity index (χ4n) is 1.37. The number of aromatic nitrogens is 2. The third-order valence-corrected chi connectivity index (χ3v) is 2.34. The number of benzene rings is 1. The summed E-state index contributed by atoms with van der Waals surface area (Å²) in [5.74, 6) is -1.01. The maximum Gasteiger partial charge on any atom is 0.316 e. The van der Waals surface area contributed by atoms with Crippen LogP contribution in [0.5, 0.6) is 6.01 Å². The number of ether oxygens (including phenoxy) is 1. The van der Waals surface area contributed by atoms with Gasteiger partial charge < -0.3 is 10.5 Å². The molecule has 18 heavy (non-hydrogen) atoms. The van der Waals surface area contributed by atoms with Crippen LogP contribution >= 0.6 is 0 Å². The third kappa shape index (κ3) is 2.27. The van der Waals surface area contributed by atoms with Crippen LogP contribution in [0.25, 0.3) is 0 Å². The second-order valence-electron chi connectivity index (χ2n) is 3.52. The predicted octanol–water partition coefficient (Wildman–Crippen LogP) is 1.44. The lowest BCUT2D eigenvalue weighted by molar-refractivity contribution is 0.103. The Morgan fingerprint density at radius 3 is 2.50 bits per heavy atom. The Kier molecular flexibility index (Phi) is 3.18. The van der Waals surface area contributed by atoms with Crippen LogP contribution in [0.15, 0.2) is 30.6 Å². The van der Waals surface area contributed by atoms with Gasteiger partial charge in [0.1, 0.15) is 5.82 Å². The highest BCUT2D eigenvalue weighted by molar-refractivity contribution is 6.08. The second kappa shape index (κ2) is 4.79. The van der Waals surface area contributed by atoms with Crippen LogP contribution < -0.4 is 10.5 Å². The minimum atomic E-state index is -0.629. The largest absolute Gasteiger partial charge is 0.467 e. The van der Waals surface area contributed by atoms with E-state index in [1.165, 1.54) is 31.6 Å². The summed E-state index contributed by atoms with van der Waals surface area (Å²) in [6.07, 6.45) is 2.64. The number of nitrogens with zero attached hydrogens (tertiary/aromatic N) is 2. The number of carbonyl (C=O) groups is 1. The Bertz CT molecular complexity index is 584. The van der Waals surface area contributed by atoms with Crippen molar-refractivity contribution in [3.05, 3.63) is 47.5 Å². The quantitative estimate of drug-likeness (QED) is 0.655. The monoisotopic (exact) mass is 247 g/mol. The van der Waals surface area contributed by atoms with E-state index < -0.39 is 5.82 Å². The van der Waals surface area contributed by atoms with Gasteiger partial charge in [-0.2, -0.15) is 0 Å². The highest BCUT2D eigenvalue weighted by atomic mass is 19.1. The molecule has 0 bridgehead atoms. The van der Waals surface area contributed by atoms with Gasteiger partial charge in [-0.15, -0.1) is 0 Å². The molecular weight excluding hydrogens is 237 g/mol. The fourth-order valence-corrected chi connectivity index (χ4v) is 1.37. The molecule has 0 radical (unpaired) electrons. The van der Waals surface area contributed by atoms with E-state index in [1.807, 2.05) is 0 Å². The Hall–Kier alpha value is -2.50. The molecule has 0 spiro atoms. The van der Waals surface area contributed by atoms with Gasteiger partial charge in [-0.25, -0.2) is 14.4 Å². The Labute approximate surface area is 102 Å². The maximum absolute atomic E-state index is 13.2. The molecule has 6 heteroatoms. The number of hydrogen-bond acceptors (Lipinski definition) is 5. The standard InChI is InChI=1S/C12H10FN3O2/c1-18-12-15-5-8(6-16-12)11(17)7-2-3-10(14)9(13)4-7/h2-6H,14H2,1H3. The predicted molar refractivity (Wildman–Crippen MR) is 62.8 cm³/mol. The van der Waals surface area contributed by atoms with Crippen molar-refractivity contribution in [2.45, 2.75) is 0 Å². The molecule has 2 rings (SSSR count). The van der Waals surface area contributed by atoms with Crippen LogP contribution in [0, 0.1) is 5.82 Å². The van der Waals surface area contributed by atoms with Gasteiger partial charge in [0.05, 0.1) is 18.4 Å². The van der Waals surface area contributed by atoms with Crippen LogP contribution in [0.2, 0.25) is 0 Å². The topological polar surface area (TPSA) is 78.1 Å². The van der Waals surface area contributed by atoms with Gasteiger partial charge in [-0.3, -0.25) is 4.79 Å². The summed E-state index contributed by atoms with van der Waals surface area (Å²) < 4.78 is 18.0. The van der Waals surface area contributed by atoms with Crippen molar-refractivity contribution in [2.24, 2.45) is 0 Å². The second-order valence-corrected chi connectivity index (χ2v) is 3.52. The third-order valence-electron chi connectivity index (χ3n) is 2.34. The maximum atomic E-state index is 13.2. The van der Waals surface area contributed by atoms with E-state index in [0.29, 0.717) is 0 Å². The minimum Gasteiger partial charge on any atom is -0.467 e. The number of methoxy groups -OCH3 is 1. The number of rotatable bonds is 3. The van der Waals surface area contributed by atoms with E-state index >= 15 is 0 Å². The van der Waals surface area contributed by atoms with Crippen molar-refractivity contribution in [3.63, 3.8) is 0 Å². The van der Waals surface area contributed by atoms with Gasteiger partial charge in [-0.1, -0.05) is 0 Å². The Morgan fingerprint density at radius 2 is 1.94 bits per heavy atom. The molecule has 1 heterocycles. The summed E-state index contributed by atoms with van der Waals surface area (Å²) in [6.45, 7) is 0. The molecule has 2 N–H and O–H groups in total. The number of hydrogen-bond donors (Lipinski definition) is 1. The van der Waals surface area contributed by atoms with E-state index in [-0.39, 0.29) is 28.6 Å². The van der Waals surface area contributed by atoms with Gasteiger partial charge in [0.15, 0.2) is 5.78 Å². The molecule has 0 atom stereocenters. The molecule has 0 fully saturated rings. The zero-order chi connectivity index (χ0) is 13.1. The highest BCUT2D eigenvalue weighted by Crippen LogP contribution is 2.15. The first-order valence-electron chi connectivity index (χ1n) is 5.07. The average Bonchev–Trinajstić information content (AvgIpc) is 2.41. The summed E-state index contributed by atoms with van der Waals surface area (Å²) in [7, 11) is 1.42. The first-order chi connectivity index (χ1) is 8.61. The minimum absolute atomic E-state index is 0.00229. The van der Waals surface area contributed by atoms with Crippen molar-refractivity contribution < 1.29 is 13.9 Å². The SMILES string of the molecule is COc1ncc(C(=O)c2ccc(N)c(F)c2)cn1. The molecule has 5 nitrogen and oxygen atoms in total. The fraction of sp³-hybridized carbons (Fsp3) is 0.0833. The van der Waals surface area contributed by atoms with E-state index in [1.54, 1.807) is 0 Å². The molecule has 92 valence electrons. The molecule has 1 aromatic heterocycles. The number of halogens is 1. The summed E-state index contributed by atoms with van der Waals surface area (Å²) in [6, 6.07) is 4.04. The number of carbonyl (C=O) groups excluding carboxylic acids is 1. The molecular formula is C12H10FN3O2. The summed E-state index contributed by atoms with van der Waals surface area (Å²) in [4.78, 5) is 19.6. The van der Waals surface area contributed by atoms with Crippen molar-refractivity contribution >= 4 is 11.5 Å². The van der Waals surface area contributed by atoms with Crippen LogP contribution in [0.4, 0.5) is 10.1 Å². The van der Waals surface area contributed by atoms with Crippen molar-refractivity contribution in [1.82, 2.24) is 9.97 Å². The highest BCUT2D eigenvalue weighted by Gasteiger charge is 2.12.